The van der Waals surface area contributed by atoms with Gasteiger partial charge >= 0.3 is 5.97 Å². The highest BCUT2D eigenvalue weighted by Gasteiger charge is 2.15. The highest BCUT2D eigenvalue weighted by atomic mass is 35.5. The molecule has 4 rings (SSSR count). The maximum absolute atomic E-state index is 12.1. The second kappa shape index (κ2) is 5.69. The molecular weight excluding hydrogens is 324 g/mol. The molecule has 0 saturated carbocycles. The van der Waals surface area contributed by atoms with E-state index in [0.717, 1.165) is 33.1 Å². The summed E-state index contributed by atoms with van der Waals surface area (Å²) in [5.74, 6) is -0.412. The second-order valence-corrected chi connectivity index (χ2v) is 5.93. The van der Waals surface area contributed by atoms with Crippen LogP contribution in [0.1, 0.15) is 10.4 Å². The lowest BCUT2D eigenvalue weighted by molar-refractivity contribution is 0.0601. The Kier molecular flexibility index (Phi) is 3.51. The van der Waals surface area contributed by atoms with Crippen molar-refractivity contribution in [3.05, 3.63) is 71.2 Å². The number of methoxy groups -OCH3 is 1. The van der Waals surface area contributed by atoms with Gasteiger partial charge in [-0.25, -0.2) is 4.79 Å². The van der Waals surface area contributed by atoms with E-state index in [9.17, 15) is 4.79 Å². The number of fused-ring (bicyclic) bond motifs is 3. The average Bonchev–Trinajstić information content (AvgIpc) is 2.99. The number of hydrogen-bond acceptors (Lipinski definition) is 3. The Morgan fingerprint density at radius 2 is 1.75 bits per heavy atom. The summed E-state index contributed by atoms with van der Waals surface area (Å²) in [4.78, 5) is 12.1. The molecule has 0 atom stereocenters. The largest absolute Gasteiger partial charge is 0.465 e. The first-order valence-corrected chi connectivity index (χ1v) is 7.85. The molecule has 3 aromatic carbocycles. The first-order chi connectivity index (χ1) is 11.7. The molecule has 3 nitrogen and oxygen atoms in total. The Labute approximate surface area is 143 Å². The van der Waals surface area contributed by atoms with E-state index in [0.29, 0.717) is 10.6 Å². The molecule has 0 aliphatic rings. The van der Waals surface area contributed by atoms with Crippen LogP contribution in [0.5, 0.6) is 0 Å². The third-order valence-electron chi connectivity index (χ3n) is 4.07. The molecule has 0 aliphatic heterocycles. The Morgan fingerprint density at radius 1 is 0.958 bits per heavy atom. The van der Waals surface area contributed by atoms with E-state index in [1.807, 2.05) is 48.5 Å². The number of hydrogen-bond donors (Lipinski definition) is 0. The van der Waals surface area contributed by atoms with Crippen molar-refractivity contribution in [1.29, 1.82) is 0 Å². The van der Waals surface area contributed by atoms with Crippen LogP contribution in [0.2, 0.25) is 5.02 Å². The smallest absolute Gasteiger partial charge is 0.338 e. The fourth-order valence-corrected chi connectivity index (χ4v) is 3.11. The number of ether oxygens (including phenoxy) is 1. The molecule has 0 saturated heterocycles. The monoisotopic (exact) mass is 336 g/mol. The number of esters is 1. The third kappa shape index (κ3) is 2.34. The summed E-state index contributed by atoms with van der Waals surface area (Å²) >= 11 is 6.04. The summed E-state index contributed by atoms with van der Waals surface area (Å²) in [6.07, 6.45) is 0. The highest BCUT2D eigenvalue weighted by Crippen LogP contribution is 2.34. The van der Waals surface area contributed by atoms with Gasteiger partial charge < -0.3 is 9.15 Å². The number of furan rings is 1. The molecule has 0 unspecified atom stereocenters. The number of halogens is 1. The van der Waals surface area contributed by atoms with E-state index < -0.39 is 5.97 Å². The lowest BCUT2D eigenvalue weighted by Gasteiger charge is -2.09. The predicted octanol–water partition coefficient (Wildman–Crippen LogP) is 5.69. The van der Waals surface area contributed by atoms with Crippen molar-refractivity contribution in [2.24, 2.45) is 0 Å². The van der Waals surface area contributed by atoms with Gasteiger partial charge in [0.2, 0.25) is 0 Å². The Hall–Kier alpha value is -2.78. The minimum atomic E-state index is -0.412. The van der Waals surface area contributed by atoms with Crippen LogP contribution >= 0.6 is 11.6 Å². The molecule has 0 aliphatic carbocycles. The van der Waals surface area contributed by atoms with Gasteiger partial charge in [0, 0.05) is 15.8 Å². The van der Waals surface area contributed by atoms with Crippen LogP contribution in [0.3, 0.4) is 0 Å². The van der Waals surface area contributed by atoms with E-state index in [1.54, 1.807) is 12.1 Å². The normalized spacial score (nSPS) is 11.1. The Morgan fingerprint density at radius 3 is 2.58 bits per heavy atom. The quantitative estimate of drug-likeness (QED) is 0.441. The predicted molar refractivity (Wildman–Crippen MR) is 95.5 cm³/mol. The van der Waals surface area contributed by atoms with Gasteiger partial charge in [-0.2, -0.15) is 0 Å². The van der Waals surface area contributed by atoms with E-state index in [2.05, 4.69) is 0 Å². The number of rotatable bonds is 2. The van der Waals surface area contributed by atoms with E-state index in [-0.39, 0.29) is 0 Å². The van der Waals surface area contributed by atoms with Gasteiger partial charge in [0.25, 0.3) is 0 Å². The number of carbonyl (C=O) groups excluding carboxylic acids is 1. The standard InChI is InChI=1S/C20H13ClO3/c1-23-20(22)17-11-13(21)7-8-14(17)12-6-9-19-16(10-12)15-4-2-3-5-18(15)24-19/h2-11H,1H3. The van der Waals surface area contributed by atoms with Crippen molar-refractivity contribution in [3.63, 3.8) is 0 Å². The summed E-state index contributed by atoms with van der Waals surface area (Å²) in [7, 11) is 1.36. The molecule has 0 spiro atoms. The van der Waals surface area contributed by atoms with Crippen molar-refractivity contribution in [2.75, 3.05) is 7.11 Å². The number of carbonyl (C=O) groups is 1. The molecule has 1 aromatic heterocycles. The third-order valence-corrected chi connectivity index (χ3v) is 4.31. The molecule has 118 valence electrons. The van der Waals surface area contributed by atoms with Crippen molar-refractivity contribution >= 4 is 39.5 Å². The van der Waals surface area contributed by atoms with Crippen LogP contribution in [0.15, 0.2) is 65.1 Å². The molecule has 0 amide bonds. The lowest BCUT2D eigenvalue weighted by atomic mass is 9.98. The fraction of sp³-hybridized carbons (Fsp3) is 0.0500. The van der Waals surface area contributed by atoms with E-state index in [1.165, 1.54) is 7.11 Å². The zero-order chi connectivity index (χ0) is 16.7. The minimum Gasteiger partial charge on any atom is -0.465 e. The first-order valence-electron chi connectivity index (χ1n) is 7.47. The fourth-order valence-electron chi connectivity index (χ4n) is 2.94. The van der Waals surface area contributed by atoms with Crippen LogP contribution in [0.25, 0.3) is 33.1 Å². The summed E-state index contributed by atoms with van der Waals surface area (Å²) in [6, 6.07) is 19.0. The van der Waals surface area contributed by atoms with Crippen molar-refractivity contribution < 1.29 is 13.9 Å². The van der Waals surface area contributed by atoms with Gasteiger partial charge in [-0.05, 0) is 41.5 Å². The van der Waals surface area contributed by atoms with Gasteiger partial charge in [0.15, 0.2) is 0 Å². The highest BCUT2D eigenvalue weighted by molar-refractivity contribution is 6.31. The molecule has 0 N–H and O–H groups in total. The van der Waals surface area contributed by atoms with Crippen LogP contribution in [0, 0.1) is 0 Å². The lowest BCUT2D eigenvalue weighted by Crippen LogP contribution is -2.03. The van der Waals surface area contributed by atoms with Crippen LogP contribution in [-0.4, -0.2) is 13.1 Å². The summed E-state index contributed by atoms with van der Waals surface area (Å²) < 4.78 is 10.7. The minimum absolute atomic E-state index is 0.412. The van der Waals surface area contributed by atoms with Gasteiger partial charge in [0.05, 0.1) is 12.7 Å². The maximum atomic E-state index is 12.1. The summed E-state index contributed by atoms with van der Waals surface area (Å²) in [5.41, 5.74) is 3.78. The maximum Gasteiger partial charge on any atom is 0.338 e. The summed E-state index contributed by atoms with van der Waals surface area (Å²) in [6.45, 7) is 0. The Bertz CT molecular complexity index is 1080. The zero-order valence-electron chi connectivity index (χ0n) is 12.9. The van der Waals surface area contributed by atoms with Crippen molar-refractivity contribution in [1.82, 2.24) is 0 Å². The SMILES string of the molecule is COC(=O)c1cc(Cl)ccc1-c1ccc2oc3ccccc3c2c1. The first kappa shape index (κ1) is 14.8. The van der Waals surface area contributed by atoms with Crippen molar-refractivity contribution in [3.8, 4) is 11.1 Å². The Balaban J connectivity index is 1.97. The number of benzene rings is 3. The molecule has 1 heterocycles. The van der Waals surface area contributed by atoms with Gasteiger partial charge in [-0.1, -0.05) is 41.9 Å². The molecule has 4 aromatic rings. The average molecular weight is 337 g/mol. The zero-order valence-corrected chi connectivity index (χ0v) is 13.6. The molecule has 0 fully saturated rings. The van der Waals surface area contributed by atoms with E-state index in [4.69, 9.17) is 20.8 Å². The van der Waals surface area contributed by atoms with Gasteiger partial charge in [-0.15, -0.1) is 0 Å². The molecule has 24 heavy (non-hydrogen) atoms. The van der Waals surface area contributed by atoms with Gasteiger partial charge in [0.1, 0.15) is 11.2 Å². The molecule has 0 radical (unpaired) electrons. The van der Waals surface area contributed by atoms with E-state index >= 15 is 0 Å². The van der Waals surface area contributed by atoms with Crippen LogP contribution in [0.4, 0.5) is 0 Å². The van der Waals surface area contributed by atoms with Gasteiger partial charge in [-0.3, -0.25) is 0 Å². The summed E-state index contributed by atoms with van der Waals surface area (Å²) in [5, 5.41) is 2.55. The van der Waals surface area contributed by atoms with Crippen LogP contribution in [-0.2, 0) is 4.74 Å². The topological polar surface area (TPSA) is 39.4 Å². The molecule has 0 bridgehead atoms. The molecule has 4 heteroatoms. The number of para-hydroxylation sites is 1. The molecular formula is C20H13ClO3. The second-order valence-electron chi connectivity index (χ2n) is 5.49. The van der Waals surface area contributed by atoms with Crippen molar-refractivity contribution in [2.45, 2.75) is 0 Å². The van der Waals surface area contributed by atoms with Crippen LogP contribution < -0.4 is 0 Å².